The molecule has 1 fully saturated rings. The minimum absolute atomic E-state index is 0.114. The number of benzene rings is 1. The Morgan fingerprint density at radius 2 is 1.50 bits per heavy atom. The zero-order valence-electron chi connectivity index (χ0n) is 18.5. The molecule has 0 saturated heterocycles. The summed E-state index contributed by atoms with van der Waals surface area (Å²) < 4.78 is 42.6. The highest BCUT2D eigenvalue weighted by Gasteiger charge is 2.41. The summed E-state index contributed by atoms with van der Waals surface area (Å²) in [6.45, 7) is 2.77. The lowest BCUT2D eigenvalue weighted by molar-refractivity contribution is -0.167. The molecular formula is C21H27B3O7S. The van der Waals surface area contributed by atoms with Crippen molar-refractivity contribution in [2.24, 2.45) is 11.8 Å². The van der Waals surface area contributed by atoms with Gasteiger partial charge in [-0.1, -0.05) is 49.5 Å². The van der Waals surface area contributed by atoms with E-state index in [0.29, 0.717) is 24.0 Å². The van der Waals surface area contributed by atoms with E-state index in [0.717, 1.165) is 18.4 Å². The number of ether oxygens (including phenoxy) is 2. The fourth-order valence-corrected chi connectivity index (χ4v) is 5.00. The quantitative estimate of drug-likeness (QED) is 0.261. The second-order valence-electron chi connectivity index (χ2n) is 8.68. The Hall–Kier alpha value is -1.74. The molecule has 0 heterocycles. The molecule has 2 rings (SSSR count). The van der Waals surface area contributed by atoms with Crippen LogP contribution in [-0.2, 0) is 43.4 Å². The third kappa shape index (κ3) is 7.14. The van der Waals surface area contributed by atoms with Gasteiger partial charge in [-0.05, 0) is 37.8 Å². The predicted octanol–water partition coefficient (Wildman–Crippen LogP) is 1.61. The van der Waals surface area contributed by atoms with Crippen LogP contribution in [0.3, 0.4) is 0 Å². The molecule has 32 heavy (non-hydrogen) atoms. The van der Waals surface area contributed by atoms with Gasteiger partial charge in [0, 0.05) is 0 Å². The van der Waals surface area contributed by atoms with Crippen molar-refractivity contribution in [3.63, 3.8) is 0 Å². The van der Waals surface area contributed by atoms with Gasteiger partial charge in [0.25, 0.3) is 10.1 Å². The molecule has 7 nitrogen and oxygen atoms in total. The Balaban J connectivity index is 2.24. The van der Waals surface area contributed by atoms with E-state index in [1.165, 1.54) is 13.8 Å². The molecule has 11 heteroatoms. The molecule has 0 spiro atoms. The van der Waals surface area contributed by atoms with Gasteiger partial charge in [0.1, 0.15) is 17.1 Å². The van der Waals surface area contributed by atoms with Crippen LogP contribution in [0, 0.1) is 11.8 Å². The largest absolute Gasteiger partial charge is 0.458 e. The summed E-state index contributed by atoms with van der Waals surface area (Å²) in [6, 6.07) is 3.51. The molecule has 168 valence electrons. The number of carbonyl (C=O) groups is 2. The van der Waals surface area contributed by atoms with E-state index in [-0.39, 0.29) is 24.7 Å². The molecule has 0 aliphatic heterocycles. The lowest BCUT2D eigenvalue weighted by atomic mass is 9.79. The maximum absolute atomic E-state index is 13.1. The Morgan fingerprint density at radius 1 is 1.00 bits per heavy atom. The van der Waals surface area contributed by atoms with Crippen LogP contribution in [0.5, 0.6) is 5.75 Å². The van der Waals surface area contributed by atoms with E-state index >= 15 is 0 Å². The number of hydrogen-bond acceptors (Lipinski definition) is 6. The average molecular weight is 456 g/mol. The molecule has 2 atom stereocenters. The van der Waals surface area contributed by atoms with E-state index in [9.17, 15) is 18.0 Å². The van der Waals surface area contributed by atoms with Gasteiger partial charge in [0.05, 0.1) is 35.4 Å². The molecule has 1 saturated carbocycles. The van der Waals surface area contributed by atoms with Crippen molar-refractivity contribution in [1.82, 2.24) is 0 Å². The SMILES string of the molecule is [B]Cc1cc(C[B])c(OC(=O)C2CCCCC2C(=O)OC(C)(C)CS(=O)(=O)O)c(C[B])c1. The first-order valence-corrected chi connectivity index (χ1v) is 12.2. The van der Waals surface area contributed by atoms with Crippen molar-refractivity contribution >= 4 is 45.6 Å². The Kier molecular flexibility index (Phi) is 9.05. The maximum Gasteiger partial charge on any atom is 0.315 e. The standard InChI is InChI=1S/C21H27B3O7S/c1-21(2,12-32(27,28)29)31-20(26)17-6-4-3-5-16(17)19(25)30-18-14(10-23)7-13(9-22)8-15(18)11-24/h7-8,16-17H,3-6,9-12H2,1-2H3,(H,27,28,29). The third-order valence-corrected chi connectivity index (χ3v) is 6.52. The van der Waals surface area contributed by atoms with E-state index in [1.807, 2.05) is 0 Å². The molecule has 1 aromatic rings. The van der Waals surface area contributed by atoms with Crippen molar-refractivity contribution < 1.29 is 32.0 Å². The second kappa shape index (κ2) is 10.9. The molecule has 6 radical (unpaired) electrons. The van der Waals surface area contributed by atoms with Crippen LogP contribution < -0.4 is 4.74 Å². The molecule has 0 bridgehead atoms. The summed E-state index contributed by atoms with van der Waals surface area (Å²) in [4.78, 5) is 25.9. The summed E-state index contributed by atoms with van der Waals surface area (Å²) in [5, 5.41) is 0. The van der Waals surface area contributed by atoms with Gasteiger partial charge in [0.2, 0.25) is 0 Å². The number of rotatable bonds is 9. The molecule has 1 N–H and O–H groups in total. The highest BCUT2D eigenvalue weighted by Crippen LogP contribution is 2.35. The minimum Gasteiger partial charge on any atom is -0.458 e. The van der Waals surface area contributed by atoms with E-state index < -0.39 is 45.2 Å². The minimum atomic E-state index is -4.35. The first-order chi connectivity index (χ1) is 14.9. The maximum atomic E-state index is 13.1. The highest BCUT2D eigenvalue weighted by atomic mass is 32.2. The van der Waals surface area contributed by atoms with Crippen molar-refractivity contribution in [2.45, 2.75) is 64.1 Å². The Morgan fingerprint density at radius 3 is 1.94 bits per heavy atom. The van der Waals surface area contributed by atoms with Crippen LogP contribution in [0.15, 0.2) is 12.1 Å². The summed E-state index contributed by atoms with van der Waals surface area (Å²) in [7, 11) is 13.0. The molecule has 1 aromatic carbocycles. The summed E-state index contributed by atoms with van der Waals surface area (Å²) >= 11 is 0. The van der Waals surface area contributed by atoms with Crippen molar-refractivity contribution in [3.05, 3.63) is 28.8 Å². The van der Waals surface area contributed by atoms with Gasteiger partial charge < -0.3 is 9.47 Å². The third-order valence-electron chi connectivity index (χ3n) is 5.46. The lowest BCUT2D eigenvalue weighted by Gasteiger charge is -2.32. The van der Waals surface area contributed by atoms with Crippen LogP contribution in [0.2, 0.25) is 0 Å². The zero-order valence-corrected chi connectivity index (χ0v) is 19.3. The van der Waals surface area contributed by atoms with Crippen molar-refractivity contribution in [3.8, 4) is 5.75 Å². The highest BCUT2D eigenvalue weighted by molar-refractivity contribution is 7.85. The van der Waals surface area contributed by atoms with E-state index in [4.69, 9.17) is 37.6 Å². The number of carbonyl (C=O) groups excluding carboxylic acids is 2. The van der Waals surface area contributed by atoms with Crippen molar-refractivity contribution in [1.29, 1.82) is 0 Å². The van der Waals surface area contributed by atoms with Crippen LogP contribution in [0.25, 0.3) is 0 Å². The molecular weight excluding hydrogens is 429 g/mol. The first-order valence-electron chi connectivity index (χ1n) is 10.6. The summed E-state index contributed by atoms with van der Waals surface area (Å²) in [6.07, 6.45) is 2.79. The van der Waals surface area contributed by atoms with Gasteiger partial charge >= 0.3 is 11.9 Å². The molecule has 2 unspecified atom stereocenters. The van der Waals surface area contributed by atoms with Crippen LogP contribution in [-0.4, -0.2) is 59.8 Å². The number of esters is 2. The van der Waals surface area contributed by atoms with Crippen LogP contribution >= 0.6 is 0 Å². The number of hydrogen-bond donors (Lipinski definition) is 1. The van der Waals surface area contributed by atoms with Gasteiger partial charge in [-0.15, -0.1) is 0 Å². The fourth-order valence-electron chi connectivity index (χ4n) is 4.07. The topological polar surface area (TPSA) is 107 Å². The van der Waals surface area contributed by atoms with Gasteiger partial charge in [-0.2, -0.15) is 8.42 Å². The summed E-state index contributed by atoms with van der Waals surface area (Å²) in [5.74, 6) is -3.31. The van der Waals surface area contributed by atoms with E-state index in [1.54, 1.807) is 12.1 Å². The van der Waals surface area contributed by atoms with E-state index in [2.05, 4.69) is 0 Å². The van der Waals surface area contributed by atoms with Gasteiger partial charge in [-0.25, -0.2) is 0 Å². The van der Waals surface area contributed by atoms with Crippen molar-refractivity contribution in [2.75, 3.05) is 5.75 Å². The Labute approximate surface area is 194 Å². The molecule has 1 aliphatic carbocycles. The van der Waals surface area contributed by atoms with Crippen LogP contribution in [0.4, 0.5) is 0 Å². The normalized spacial score (nSPS) is 19.3. The molecule has 0 amide bonds. The molecule has 0 aromatic heterocycles. The monoisotopic (exact) mass is 456 g/mol. The van der Waals surface area contributed by atoms with Crippen LogP contribution in [0.1, 0.15) is 56.2 Å². The molecule has 1 aliphatic rings. The van der Waals surface area contributed by atoms with Gasteiger partial charge in [0.15, 0.2) is 0 Å². The predicted molar refractivity (Wildman–Crippen MR) is 122 cm³/mol. The average Bonchev–Trinajstić information content (AvgIpc) is 2.71. The Bertz CT molecular complexity index is 922. The smallest absolute Gasteiger partial charge is 0.315 e. The zero-order chi connectivity index (χ0) is 24.1. The van der Waals surface area contributed by atoms with Gasteiger partial charge in [-0.3, -0.25) is 14.1 Å². The fraction of sp³-hybridized carbons (Fsp3) is 0.619. The lowest BCUT2D eigenvalue weighted by Crippen LogP contribution is -2.42. The summed E-state index contributed by atoms with van der Waals surface area (Å²) in [5.41, 5.74) is 0.538. The second-order valence-corrected chi connectivity index (χ2v) is 10.1. The first kappa shape index (κ1) is 26.5.